The van der Waals surface area contributed by atoms with Crippen molar-refractivity contribution in [3.8, 4) is 11.3 Å². The summed E-state index contributed by atoms with van der Waals surface area (Å²) in [4.78, 5) is 27.8. The number of nitrogens with one attached hydrogen (secondary N) is 2. The third-order valence-corrected chi connectivity index (χ3v) is 12.4. The number of hydrogen-bond donors (Lipinski definition) is 2. The normalized spacial score (nSPS) is 18.4. The lowest BCUT2D eigenvalue weighted by molar-refractivity contribution is -0.138. The molecular formula is C34H38F3N7O4S2. The van der Waals surface area contributed by atoms with Crippen molar-refractivity contribution in [2.45, 2.75) is 57.9 Å². The maximum Gasteiger partial charge on any atom is 0.416 e. The molecule has 7 rings (SSSR count). The monoisotopic (exact) mass is 729 g/mol. The molecule has 5 heterocycles. The Labute approximate surface area is 292 Å². The molecule has 2 fully saturated rings. The Balaban J connectivity index is 1.13. The van der Waals surface area contributed by atoms with Gasteiger partial charge in [0, 0.05) is 61.4 Å². The average molecular weight is 730 g/mol. The second-order valence-electron chi connectivity index (χ2n) is 13.4. The molecule has 2 saturated heterocycles. The van der Waals surface area contributed by atoms with Crippen LogP contribution in [0.4, 0.5) is 13.2 Å². The van der Waals surface area contributed by atoms with Gasteiger partial charge in [-0.05, 0) is 80.6 Å². The van der Waals surface area contributed by atoms with Crippen LogP contribution in [0.3, 0.4) is 0 Å². The Hall–Kier alpha value is -3.86. The molecule has 4 aromatic rings. The molecule has 2 amide bonds. The van der Waals surface area contributed by atoms with E-state index in [1.54, 1.807) is 12.1 Å². The van der Waals surface area contributed by atoms with Gasteiger partial charge in [0.2, 0.25) is 15.9 Å². The van der Waals surface area contributed by atoms with E-state index in [0.29, 0.717) is 35.2 Å². The van der Waals surface area contributed by atoms with E-state index in [4.69, 9.17) is 5.10 Å². The summed E-state index contributed by atoms with van der Waals surface area (Å²) >= 11 is 1.14. The average Bonchev–Trinajstić information content (AvgIpc) is 3.79. The number of rotatable bonds is 9. The van der Waals surface area contributed by atoms with Crippen LogP contribution in [0, 0.1) is 5.41 Å². The van der Waals surface area contributed by atoms with Gasteiger partial charge in [0.05, 0.1) is 27.6 Å². The highest BCUT2D eigenvalue weighted by Crippen LogP contribution is 2.39. The van der Waals surface area contributed by atoms with Crippen LogP contribution in [0.5, 0.6) is 0 Å². The molecule has 16 heteroatoms. The highest BCUT2D eigenvalue weighted by atomic mass is 32.2. The number of amides is 2. The summed E-state index contributed by atoms with van der Waals surface area (Å²) < 4.78 is 75.9. The van der Waals surface area contributed by atoms with E-state index in [1.807, 2.05) is 16.8 Å². The Bertz CT molecular complexity index is 2050. The van der Waals surface area contributed by atoms with E-state index in [2.05, 4.69) is 19.9 Å². The fourth-order valence-corrected chi connectivity index (χ4v) is 9.04. The first-order chi connectivity index (χ1) is 23.8. The molecule has 0 bridgehead atoms. The van der Waals surface area contributed by atoms with Crippen LogP contribution in [0.15, 0.2) is 42.5 Å². The van der Waals surface area contributed by atoms with Crippen molar-refractivity contribution in [3.63, 3.8) is 0 Å². The summed E-state index contributed by atoms with van der Waals surface area (Å²) in [5.41, 5.74) is 1.25. The largest absolute Gasteiger partial charge is 0.416 e. The van der Waals surface area contributed by atoms with Crippen molar-refractivity contribution in [2.75, 3.05) is 39.0 Å². The molecule has 11 nitrogen and oxygen atoms in total. The smallest absolute Gasteiger partial charge is 0.356 e. The quantitative estimate of drug-likeness (QED) is 0.261. The van der Waals surface area contributed by atoms with Crippen LogP contribution < -0.4 is 10.6 Å². The van der Waals surface area contributed by atoms with E-state index < -0.39 is 34.2 Å². The zero-order valence-electron chi connectivity index (χ0n) is 27.6. The summed E-state index contributed by atoms with van der Waals surface area (Å²) in [6.07, 6.45) is 0.197. The number of hydrogen-bond acceptors (Lipinski definition) is 8. The molecule has 0 radical (unpaired) electrons. The zero-order chi connectivity index (χ0) is 35.3. The van der Waals surface area contributed by atoms with Crippen LogP contribution in [0.1, 0.15) is 58.6 Å². The predicted octanol–water partition coefficient (Wildman–Crippen LogP) is 4.42. The summed E-state index contributed by atoms with van der Waals surface area (Å²) in [5.74, 6) is -0.417. The van der Waals surface area contributed by atoms with Crippen molar-refractivity contribution in [2.24, 2.45) is 5.41 Å². The lowest BCUT2D eigenvalue weighted by atomic mass is 9.77. The Morgan fingerprint density at radius 2 is 1.86 bits per heavy atom. The zero-order valence-corrected chi connectivity index (χ0v) is 29.2. The maximum absolute atomic E-state index is 14.2. The van der Waals surface area contributed by atoms with Crippen molar-refractivity contribution >= 4 is 43.5 Å². The van der Waals surface area contributed by atoms with Gasteiger partial charge in [-0.1, -0.05) is 24.3 Å². The molecule has 3 aliphatic rings. The van der Waals surface area contributed by atoms with E-state index >= 15 is 0 Å². The predicted molar refractivity (Wildman–Crippen MR) is 183 cm³/mol. The first kappa shape index (κ1) is 34.6. The molecular weight excluding hydrogens is 692 g/mol. The fraction of sp³-hybridized carbons (Fsp3) is 0.471. The molecule has 2 aromatic carbocycles. The molecule has 2 aromatic heterocycles. The van der Waals surface area contributed by atoms with Crippen LogP contribution in [-0.2, 0) is 47.0 Å². The van der Waals surface area contributed by atoms with E-state index in [0.717, 1.165) is 86.1 Å². The Morgan fingerprint density at radius 1 is 1.08 bits per heavy atom. The van der Waals surface area contributed by atoms with Gasteiger partial charge in [0.25, 0.3) is 5.91 Å². The number of benzene rings is 2. The first-order valence-electron chi connectivity index (χ1n) is 16.7. The van der Waals surface area contributed by atoms with Gasteiger partial charge in [0.15, 0.2) is 0 Å². The Kier molecular flexibility index (Phi) is 9.24. The number of halogens is 3. The van der Waals surface area contributed by atoms with Gasteiger partial charge >= 0.3 is 6.18 Å². The van der Waals surface area contributed by atoms with Gasteiger partial charge in [0.1, 0.15) is 5.69 Å². The lowest BCUT2D eigenvalue weighted by Gasteiger charge is -2.37. The summed E-state index contributed by atoms with van der Waals surface area (Å²) in [6.45, 7) is 3.70. The number of piperidine rings is 1. The van der Waals surface area contributed by atoms with Crippen LogP contribution >= 0.6 is 11.5 Å². The molecule has 1 spiro atoms. The van der Waals surface area contributed by atoms with Crippen molar-refractivity contribution in [1.29, 1.82) is 0 Å². The van der Waals surface area contributed by atoms with Crippen LogP contribution in [-0.4, -0.2) is 82.6 Å². The highest BCUT2D eigenvalue weighted by molar-refractivity contribution is 7.88. The topological polar surface area (TPSA) is 130 Å². The van der Waals surface area contributed by atoms with Gasteiger partial charge in [-0.15, -0.1) is 0 Å². The molecule has 0 unspecified atom stereocenters. The van der Waals surface area contributed by atoms with Gasteiger partial charge < -0.3 is 15.5 Å². The standard InChI is InChI=1S/C34H38F3N7O4S2/c1-50(47,48)43-16-9-27-25(21-43)29(40-44(27)15-4-14-42-17-11-33(12-18-42)10-13-38-32(33)46)22-7-8-26(34(35,36)37)23(19-22)20-39-31(45)30-24-5-2-3-6-28(24)49-41-30/h2-3,5-8,19H,4,9-18,20-21H2,1H3,(H,38,46)(H,39,45). The fourth-order valence-electron chi connectivity index (χ4n) is 7.48. The number of aryl methyl sites for hydroxylation is 1. The van der Waals surface area contributed by atoms with Gasteiger partial charge in [-0.25, -0.2) is 8.42 Å². The van der Waals surface area contributed by atoms with E-state index in [-0.39, 0.29) is 35.7 Å². The molecule has 266 valence electrons. The number of nitrogens with zero attached hydrogens (tertiary/aromatic N) is 5. The van der Waals surface area contributed by atoms with E-state index in [1.165, 1.54) is 16.4 Å². The van der Waals surface area contributed by atoms with Gasteiger partial charge in [-0.3, -0.25) is 14.3 Å². The first-order valence-corrected chi connectivity index (χ1v) is 19.3. The molecule has 3 aliphatic heterocycles. The number of fused-ring (bicyclic) bond motifs is 2. The van der Waals surface area contributed by atoms with Crippen LogP contribution in [0.2, 0.25) is 0 Å². The van der Waals surface area contributed by atoms with Crippen molar-refractivity contribution in [3.05, 3.63) is 70.5 Å². The van der Waals surface area contributed by atoms with Crippen LogP contribution in [0.25, 0.3) is 21.3 Å². The number of carbonyl (C=O) groups is 2. The number of likely N-dealkylation sites (tertiary alicyclic amines) is 1. The highest BCUT2D eigenvalue weighted by Gasteiger charge is 2.44. The molecule has 0 aliphatic carbocycles. The minimum Gasteiger partial charge on any atom is -0.356 e. The van der Waals surface area contributed by atoms with Gasteiger partial charge in [-0.2, -0.15) is 26.9 Å². The number of carbonyl (C=O) groups excluding carboxylic acids is 2. The third-order valence-electron chi connectivity index (χ3n) is 10.3. The Morgan fingerprint density at radius 3 is 2.58 bits per heavy atom. The maximum atomic E-state index is 14.2. The number of alkyl halides is 3. The van der Waals surface area contributed by atoms with E-state index in [9.17, 15) is 31.2 Å². The second-order valence-corrected chi connectivity index (χ2v) is 16.2. The second kappa shape index (κ2) is 13.4. The number of aromatic nitrogens is 3. The summed E-state index contributed by atoms with van der Waals surface area (Å²) in [5, 5.41) is 11.1. The minimum atomic E-state index is -4.67. The summed E-state index contributed by atoms with van der Waals surface area (Å²) in [6, 6.07) is 10.9. The lowest BCUT2D eigenvalue weighted by Crippen LogP contribution is -2.44. The summed E-state index contributed by atoms with van der Waals surface area (Å²) in [7, 11) is -3.53. The molecule has 0 atom stereocenters. The minimum absolute atomic E-state index is 0.0593. The number of sulfonamides is 1. The van der Waals surface area contributed by atoms with Crippen molar-refractivity contribution in [1.82, 2.24) is 34.0 Å². The molecule has 2 N–H and O–H groups in total. The molecule has 0 saturated carbocycles. The molecule has 50 heavy (non-hydrogen) atoms. The third kappa shape index (κ3) is 6.77. The SMILES string of the molecule is CS(=O)(=O)N1CCc2c(c(-c3ccc(C(F)(F)F)c(CNC(=O)c4nsc5ccccc45)c3)nn2CCCN2CCC3(CCNC3=O)CC2)C1. The van der Waals surface area contributed by atoms with Crippen molar-refractivity contribution < 1.29 is 31.2 Å².